The summed E-state index contributed by atoms with van der Waals surface area (Å²) in [6.45, 7) is 1.52. The number of carbonyl (C=O) groups excluding carboxylic acids is 1. The van der Waals surface area contributed by atoms with Crippen molar-refractivity contribution in [2.45, 2.75) is 50.5 Å². The molecule has 2 aliphatic rings. The van der Waals surface area contributed by atoms with Crippen LogP contribution in [0.5, 0.6) is 0 Å². The largest absolute Gasteiger partial charge is 0.364 e. The number of amides is 1. The fraction of sp³-hybridized carbons (Fsp3) is 0.923. The third-order valence-electron chi connectivity index (χ3n) is 3.93. The maximum absolute atomic E-state index is 11.6. The standard InChI is InChI=1S/C13H24N2O2/c14-10-13(6-2-1-3-7-13)17-9-12(16)15-8-11-4-5-11/h11H,1-10,14H2,(H,15,16). The summed E-state index contributed by atoms with van der Waals surface area (Å²) >= 11 is 0. The van der Waals surface area contributed by atoms with E-state index in [1.54, 1.807) is 0 Å². The Balaban J connectivity index is 1.68. The van der Waals surface area contributed by atoms with Gasteiger partial charge in [0.1, 0.15) is 6.61 Å². The van der Waals surface area contributed by atoms with E-state index in [1.165, 1.54) is 32.1 Å². The number of carbonyl (C=O) groups is 1. The molecule has 4 heteroatoms. The maximum Gasteiger partial charge on any atom is 0.246 e. The molecule has 0 aliphatic heterocycles. The molecule has 98 valence electrons. The van der Waals surface area contributed by atoms with Gasteiger partial charge in [-0.1, -0.05) is 19.3 Å². The molecule has 0 aromatic heterocycles. The van der Waals surface area contributed by atoms with Gasteiger partial charge in [0.2, 0.25) is 5.91 Å². The summed E-state index contributed by atoms with van der Waals surface area (Å²) in [5, 5.41) is 2.92. The number of nitrogens with one attached hydrogen (secondary N) is 1. The fourth-order valence-corrected chi connectivity index (χ4v) is 2.45. The van der Waals surface area contributed by atoms with Gasteiger partial charge in [-0.2, -0.15) is 0 Å². The molecule has 4 nitrogen and oxygen atoms in total. The molecular formula is C13H24N2O2. The Kier molecular flexibility index (Phi) is 4.40. The number of ether oxygens (including phenoxy) is 1. The van der Waals surface area contributed by atoms with Gasteiger partial charge >= 0.3 is 0 Å². The van der Waals surface area contributed by atoms with E-state index in [-0.39, 0.29) is 18.1 Å². The van der Waals surface area contributed by atoms with Crippen molar-refractivity contribution in [1.29, 1.82) is 0 Å². The molecule has 0 radical (unpaired) electrons. The Labute approximate surface area is 103 Å². The Bertz CT molecular complexity index is 258. The lowest BCUT2D eigenvalue weighted by Gasteiger charge is -2.35. The zero-order valence-electron chi connectivity index (χ0n) is 10.5. The molecule has 0 aromatic rings. The van der Waals surface area contributed by atoms with E-state index < -0.39 is 0 Å². The van der Waals surface area contributed by atoms with Crippen LogP contribution in [0.3, 0.4) is 0 Å². The Morgan fingerprint density at radius 3 is 2.59 bits per heavy atom. The molecule has 0 spiro atoms. The second kappa shape index (κ2) is 5.83. The molecule has 2 saturated carbocycles. The van der Waals surface area contributed by atoms with Crippen LogP contribution in [0.1, 0.15) is 44.9 Å². The summed E-state index contributed by atoms with van der Waals surface area (Å²) in [6, 6.07) is 0. The molecule has 0 atom stereocenters. The van der Waals surface area contributed by atoms with Crippen LogP contribution in [0.2, 0.25) is 0 Å². The summed E-state index contributed by atoms with van der Waals surface area (Å²) in [4.78, 5) is 11.6. The van der Waals surface area contributed by atoms with E-state index in [4.69, 9.17) is 10.5 Å². The maximum atomic E-state index is 11.6. The second-order valence-corrected chi connectivity index (χ2v) is 5.48. The fourth-order valence-electron chi connectivity index (χ4n) is 2.45. The lowest BCUT2D eigenvalue weighted by molar-refractivity contribution is -0.135. The lowest BCUT2D eigenvalue weighted by atomic mass is 9.85. The molecule has 2 aliphatic carbocycles. The van der Waals surface area contributed by atoms with Crippen molar-refractivity contribution < 1.29 is 9.53 Å². The summed E-state index contributed by atoms with van der Waals surface area (Å²) in [7, 11) is 0. The first kappa shape index (κ1) is 12.8. The minimum atomic E-state index is -0.227. The van der Waals surface area contributed by atoms with Gasteiger partial charge in [0.15, 0.2) is 0 Å². The first-order valence-corrected chi connectivity index (χ1v) is 6.85. The molecule has 3 N–H and O–H groups in total. The van der Waals surface area contributed by atoms with E-state index in [2.05, 4.69) is 5.32 Å². The summed E-state index contributed by atoms with van der Waals surface area (Å²) in [5.74, 6) is 0.729. The highest BCUT2D eigenvalue weighted by Gasteiger charge is 2.32. The van der Waals surface area contributed by atoms with Gasteiger partial charge in [0, 0.05) is 13.1 Å². The molecule has 2 rings (SSSR count). The minimum absolute atomic E-state index is 0.00954. The highest BCUT2D eigenvalue weighted by atomic mass is 16.5. The van der Waals surface area contributed by atoms with Crippen molar-refractivity contribution in [3.63, 3.8) is 0 Å². The predicted octanol–water partition coefficient (Wildman–Crippen LogP) is 1.19. The molecular weight excluding hydrogens is 216 g/mol. The topological polar surface area (TPSA) is 64.3 Å². The van der Waals surface area contributed by atoms with Gasteiger partial charge in [-0.15, -0.1) is 0 Å². The number of hydrogen-bond acceptors (Lipinski definition) is 3. The first-order valence-electron chi connectivity index (χ1n) is 6.85. The van der Waals surface area contributed by atoms with Gasteiger partial charge in [-0.3, -0.25) is 4.79 Å². The van der Waals surface area contributed by atoms with Crippen LogP contribution in [0, 0.1) is 5.92 Å². The SMILES string of the molecule is NCC1(OCC(=O)NCC2CC2)CCCCC1. The molecule has 0 heterocycles. The first-order chi connectivity index (χ1) is 8.24. The van der Waals surface area contributed by atoms with Crippen LogP contribution in [-0.4, -0.2) is 31.2 Å². The zero-order valence-corrected chi connectivity index (χ0v) is 10.5. The van der Waals surface area contributed by atoms with Crippen LogP contribution < -0.4 is 11.1 Å². The van der Waals surface area contributed by atoms with Gasteiger partial charge in [-0.25, -0.2) is 0 Å². The monoisotopic (exact) mass is 240 g/mol. The highest BCUT2D eigenvalue weighted by molar-refractivity contribution is 5.77. The van der Waals surface area contributed by atoms with Crippen molar-refractivity contribution >= 4 is 5.91 Å². The molecule has 0 saturated heterocycles. The highest BCUT2D eigenvalue weighted by Crippen LogP contribution is 2.30. The Morgan fingerprint density at radius 1 is 1.29 bits per heavy atom. The lowest BCUT2D eigenvalue weighted by Crippen LogP contribution is -2.45. The van der Waals surface area contributed by atoms with Crippen molar-refractivity contribution in [1.82, 2.24) is 5.32 Å². The number of rotatable bonds is 6. The van der Waals surface area contributed by atoms with E-state index in [9.17, 15) is 4.79 Å². The van der Waals surface area contributed by atoms with Crippen LogP contribution in [0.4, 0.5) is 0 Å². The Morgan fingerprint density at radius 2 is 2.00 bits per heavy atom. The van der Waals surface area contributed by atoms with Crippen molar-refractivity contribution in [2.75, 3.05) is 19.7 Å². The summed E-state index contributed by atoms with van der Waals surface area (Å²) < 4.78 is 5.80. The normalized spacial score (nSPS) is 23.4. The number of nitrogens with two attached hydrogens (primary N) is 1. The second-order valence-electron chi connectivity index (χ2n) is 5.48. The van der Waals surface area contributed by atoms with Crippen molar-refractivity contribution in [3.05, 3.63) is 0 Å². The average Bonchev–Trinajstić information content (AvgIpc) is 3.19. The third-order valence-corrected chi connectivity index (χ3v) is 3.93. The van der Waals surface area contributed by atoms with E-state index in [0.717, 1.165) is 25.3 Å². The molecule has 2 fully saturated rings. The van der Waals surface area contributed by atoms with E-state index >= 15 is 0 Å². The molecule has 0 unspecified atom stereocenters. The van der Waals surface area contributed by atoms with Gasteiger partial charge in [0.25, 0.3) is 0 Å². The predicted molar refractivity (Wildman–Crippen MR) is 66.6 cm³/mol. The summed E-state index contributed by atoms with van der Waals surface area (Å²) in [5.41, 5.74) is 5.57. The molecule has 0 aromatic carbocycles. The molecule has 1 amide bonds. The molecule has 17 heavy (non-hydrogen) atoms. The van der Waals surface area contributed by atoms with Crippen molar-refractivity contribution in [2.24, 2.45) is 11.7 Å². The van der Waals surface area contributed by atoms with Gasteiger partial charge < -0.3 is 15.8 Å². The van der Waals surface area contributed by atoms with Crippen LogP contribution in [-0.2, 0) is 9.53 Å². The van der Waals surface area contributed by atoms with Crippen LogP contribution >= 0.6 is 0 Å². The average molecular weight is 240 g/mol. The summed E-state index contributed by atoms with van der Waals surface area (Å²) in [6.07, 6.45) is 8.11. The Hall–Kier alpha value is -0.610. The van der Waals surface area contributed by atoms with Crippen LogP contribution in [0.15, 0.2) is 0 Å². The van der Waals surface area contributed by atoms with Crippen molar-refractivity contribution in [3.8, 4) is 0 Å². The van der Waals surface area contributed by atoms with E-state index in [1.807, 2.05) is 0 Å². The quantitative estimate of drug-likeness (QED) is 0.733. The van der Waals surface area contributed by atoms with Crippen LogP contribution in [0.25, 0.3) is 0 Å². The van der Waals surface area contributed by atoms with Gasteiger partial charge in [-0.05, 0) is 31.6 Å². The zero-order chi connectivity index (χ0) is 12.1. The smallest absolute Gasteiger partial charge is 0.246 e. The van der Waals surface area contributed by atoms with E-state index in [0.29, 0.717) is 6.54 Å². The van der Waals surface area contributed by atoms with Gasteiger partial charge in [0.05, 0.1) is 5.60 Å². The third kappa shape index (κ3) is 3.96. The molecule has 0 bridgehead atoms. The minimum Gasteiger partial charge on any atom is -0.364 e. The number of hydrogen-bond donors (Lipinski definition) is 2.